The molecule has 0 bridgehead atoms. The Hall–Kier alpha value is -1.03. The SMILES string of the molecule is C=C/C=C\C(=C)C(=C)/C=C\C(=C)NI. The van der Waals surface area contributed by atoms with Crippen molar-refractivity contribution >= 4 is 22.9 Å². The van der Waals surface area contributed by atoms with Crippen LogP contribution in [-0.2, 0) is 0 Å². The first kappa shape index (κ1) is 13.0. The average Bonchev–Trinajstić information content (AvgIpc) is 2.21. The summed E-state index contributed by atoms with van der Waals surface area (Å²) in [5, 5.41) is 0. The molecular weight excluding hydrogens is 285 g/mol. The van der Waals surface area contributed by atoms with Gasteiger partial charge in [0, 0.05) is 5.70 Å². The second-order valence-corrected chi connectivity index (χ2v) is 3.14. The van der Waals surface area contributed by atoms with Crippen LogP contribution in [0.25, 0.3) is 0 Å². The Morgan fingerprint density at radius 3 is 2.07 bits per heavy atom. The minimum Gasteiger partial charge on any atom is -0.329 e. The van der Waals surface area contributed by atoms with Gasteiger partial charge in [-0.15, -0.1) is 0 Å². The Labute approximate surface area is 99.8 Å². The molecule has 0 amide bonds. The Bertz CT molecular complexity index is 308. The molecule has 2 heteroatoms. The van der Waals surface area contributed by atoms with E-state index in [1.807, 2.05) is 47.2 Å². The van der Waals surface area contributed by atoms with Crippen LogP contribution in [0.5, 0.6) is 0 Å². The standard InChI is InChI=1S/C12H14IN/c1-5-6-7-10(2)11(3)8-9-12(4)14-13/h5-9,14H,1-4H2/b7-6-,9-8-. The summed E-state index contributed by atoms with van der Waals surface area (Å²) in [5.41, 5.74) is 2.55. The third kappa shape index (κ3) is 5.59. The average molecular weight is 299 g/mol. The first-order valence-corrected chi connectivity index (χ1v) is 5.10. The van der Waals surface area contributed by atoms with E-state index in [0.29, 0.717) is 0 Å². The van der Waals surface area contributed by atoms with Crippen molar-refractivity contribution in [3.05, 3.63) is 73.5 Å². The summed E-state index contributed by atoms with van der Waals surface area (Å²) in [6, 6.07) is 0. The van der Waals surface area contributed by atoms with Gasteiger partial charge in [0.05, 0.1) is 22.9 Å². The fraction of sp³-hybridized carbons (Fsp3) is 0. The normalized spacial score (nSPS) is 10.4. The molecule has 0 saturated carbocycles. The van der Waals surface area contributed by atoms with E-state index in [1.165, 1.54) is 0 Å². The van der Waals surface area contributed by atoms with Gasteiger partial charge in [-0.05, 0) is 17.2 Å². The number of allylic oxidation sites excluding steroid dienone is 7. The van der Waals surface area contributed by atoms with E-state index in [2.05, 4.69) is 29.8 Å². The molecule has 74 valence electrons. The molecule has 0 aliphatic carbocycles. The van der Waals surface area contributed by atoms with Crippen molar-refractivity contribution in [2.24, 2.45) is 0 Å². The second kappa shape index (κ2) is 7.38. The van der Waals surface area contributed by atoms with E-state index in [9.17, 15) is 0 Å². The maximum absolute atomic E-state index is 3.87. The first-order chi connectivity index (χ1) is 6.61. The summed E-state index contributed by atoms with van der Waals surface area (Å²) in [4.78, 5) is 0. The fourth-order valence-corrected chi connectivity index (χ4v) is 0.811. The zero-order chi connectivity index (χ0) is 11.0. The molecule has 0 aliphatic rings. The Morgan fingerprint density at radius 1 is 1.00 bits per heavy atom. The van der Waals surface area contributed by atoms with Gasteiger partial charge < -0.3 is 3.53 Å². The van der Waals surface area contributed by atoms with Crippen LogP contribution in [0.3, 0.4) is 0 Å². The van der Waals surface area contributed by atoms with Crippen LogP contribution in [0.1, 0.15) is 0 Å². The summed E-state index contributed by atoms with van der Waals surface area (Å²) in [7, 11) is 0. The fourth-order valence-electron chi connectivity index (χ4n) is 0.631. The molecule has 0 fully saturated rings. The summed E-state index contributed by atoms with van der Waals surface area (Å²) in [5.74, 6) is 0. The second-order valence-electron chi connectivity index (χ2n) is 2.60. The monoisotopic (exact) mass is 299 g/mol. The maximum atomic E-state index is 3.87. The van der Waals surface area contributed by atoms with Gasteiger partial charge in [0.15, 0.2) is 0 Å². The predicted molar refractivity (Wildman–Crippen MR) is 73.1 cm³/mol. The summed E-state index contributed by atoms with van der Waals surface area (Å²) < 4.78 is 2.89. The number of nitrogens with one attached hydrogen (secondary N) is 1. The minimum atomic E-state index is 0.826. The zero-order valence-electron chi connectivity index (χ0n) is 8.09. The molecule has 0 aliphatic heterocycles. The number of hydrogen-bond donors (Lipinski definition) is 1. The summed E-state index contributed by atoms with van der Waals surface area (Å²) >= 11 is 2.02. The molecule has 0 aromatic rings. The molecule has 0 aromatic heterocycles. The Morgan fingerprint density at radius 2 is 1.57 bits per heavy atom. The smallest absolute Gasteiger partial charge is 0.0560 e. The van der Waals surface area contributed by atoms with Gasteiger partial charge in [0.1, 0.15) is 0 Å². The quantitative estimate of drug-likeness (QED) is 0.446. The lowest BCUT2D eigenvalue weighted by molar-refractivity contribution is 1.36. The van der Waals surface area contributed by atoms with E-state index in [1.54, 1.807) is 6.08 Å². The van der Waals surface area contributed by atoms with Crippen molar-refractivity contribution in [3.8, 4) is 0 Å². The van der Waals surface area contributed by atoms with Crippen LogP contribution < -0.4 is 3.53 Å². The third-order valence-electron chi connectivity index (χ3n) is 1.45. The van der Waals surface area contributed by atoms with Crippen LogP contribution in [0.15, 0.2) is 73.5 Å². The van der Waals surface area contributed by atoms with Gasteiger partial charge in [0.25, 0.3) is 0 Å². The molecule has 0 radical (unpaired) electrons. The van der Waals surface area contributed by atoms with Crippen molar-refractivity contribution < 1.29 is 0 Å². The molecule has 0 unspecified atom stereocenters. The van der Waals surface area contributed by atoms with Gasteiger partial charge in [0.2, 0.25) is 0 Å². The number of halogens is 1. The third-order valence-corrected chi connectivity index (χ3v) is 2.15. The van der Waals surface area contributed by atoms with Crippen molar-refractivity contribution in [3.63, 3.8) is 0 Å². The van der Waals surface area contributed by atoms with E-state index in [4.69, 9.17) is 0 Å². The van der Waals surface area contributed by atoms with Gasteiger partial charge >= 0.3 is 0 Å². The molecule has 1 nitrogen and oxygen atoms in total. The number of hydrogen-bond acceptors (Lipinski definition) is 1. The predicted octanol–water partition coefficient (Wildman–Crippen LogP) is 3.85. The molecule has 0 spiro atoms. The highest BCUT2D eigenvalue weighted by Gasteiger charge is 1.90. The molecule has 0 aromatic carbocycles. The molecule has 0 saturated heterocycles. The van der Waals surface area contributed by atoms with Gasteiger partial charge in [-0.1, -0.05) is 50.6 Å². The first-order valence-electron chi connectivity index (χ1n) is 4.02. The Kier molecular flexibility index (Phi) is 6.84. The van der Waals surface area contributed by atoms with Crippen LogP contribution in [-0.4, -0.2) is 0 Å². The van der Waals surface area contributed by atoms with E-state index < -0.39 is 0 Å². The zero-order valence-corrected chi connectivity index (χ0v) is 10.3. The molecule has 0 atom stereocenters. The van der Waals surface area contributed by atoms with Gasteiger partial charge in [-0.25, -0.2) is 0 Å². The lowest BCUT2D eigenvalue weighted by atomic mass is 10.1. The maximum Gasteiger partial charge on any atom is 0.0560 e. The summed E-state index contributed by atoms with van der Waals surface area (Å²) in [6.45, 7) is 15.1. The van der Waals surface area contributed by atoms with Crippen molar-refractivity contribution in [2.45, 2.75) is 0 Å². The Balaban J connectivity index is 4.28. The topological polar surface area (TPSA) is 12.0 Å². The van der Waals surface area contributed by atoms with Crippen LogP contribution in [0.4, 0.5) is 0 Å². The molecular formula is C12H14IN. The van der Waals surface area contributed by atoms with Crippen molar-refractivity contribution in [1.29, 1.82) is 0 Å². The van der Waals surface area contributed by atoms with Crippen LogP contribution in [0.2, 0.25) is 0 Å². The largest absolute Gasteiger partial charge is 0.329 e. The minimum absolute atomic E-state index is 0.826. The van der Waals surface area contributed by atoms with E-state index >= 15 is 0 Å². The molecule has 0 rings (SSSR count). The molecule has 0 heterocycles. The highest BCUT2D eigenvalue weighted by Crippen LogP contribution is 2.09. The van der Waals surface area contributed by atoms with E-state index in [0.717, 1.165) is 16.8 Å². The van der Waals surface area contributed by atoms with Crippen molar-refractivity contribution in [1.82, 2.24) is 3.53 Å². The lowest BCUT2D eigenvalue weighted by Gasteiger charge is -1.99. The molecule has 14 heavy (non-hydrogen) atoms. The molecule has 1 N–H and O–H groups in total. The highest BCUT2D eigenvalue weighted by atomic mass is 127. The lowest BCUT2D eigenvalue weighted by Crippen LogP contribution is -1.91. The van der Waals surface area contributed by atoms with Gasteiger partial charge in [-0.3, -0.25) is 0 Å². The highest BCUT2D eigenvalue weighted by molar-refractivity contribution is 14.1. The van der Waals surface area contributed by atoms with Crippen LogP contribution in [0, 0.1) is 0 Å². The van der Waals surface area contributed by atoms with Crippen molar-refractivity contribution in [2.75, 3.05) is 0 Å². The summed E-state index contributed by atoms with van der Waals surface area (Å²) in [6.07, 6.45) is 9.10. The van der Waals surface area contributed by atoms with Crippen LogP contribution >= 0.6 is 22.9 Å². The van der Waals surface area contributed by atoms with E-state index in [-0.39, 0.29) is 0 Å². The van der Waals surface area contributed by atoms with Gasteiger partial charge in [-0.2, -0.15) is 0 Å². The number of rotatable bonds is 6.